The van der Waals surface area contributed by atoms with Crippen LogP contribution in [0.5, 0.6) is 0 Å². The number of hydrogen-bond acceptors (Lipinski definition) is 4. The van der Waals surface area contributed by atoms with Crippen LogP contribution in [-0.4, -0.2) is 22.9 Å². The topological polar surface area (TPSA) is 74.7 Å². The van der Waals surface area contributed by atoms with Crippen LogP contribution in [0.3, 0.4) is 0 Å². The maximum Gasteiger partial charge on any atom is 0.345 e. The Morgan fingerprint density at radius 2 is 1.90 bits per heavy atom. The SMILES string of the molecule is O=C(O)c1ccc(N2C(=O)CC3(CCCCC3)C2=O)s1. The average molecular weight is 293 g/mol. The quantitative estimate of drug-likeness (QED) is 0.851. The second kappa shape index (κ2) is 4.70. The first-order valence-corrected chi connectivity index (χ1v) is 7.56. The molecule has 1 N–H and O–H groups in total. The molecule has 1 aromatic rings. The summed E-state index contributed by atoms with van der Waals surface area (Å²) in [5, 5.41) is 9.37. The first-order valence-electron chi connectivity index (χ1n) is 6.74. The highest BCUT2D eigenvalue weighted by Crippen LogP contribution is 2.47. The van der Waals surface area contributed by atoms with Gasteiger partial charge < -0.3 is 5.11 Å². The van der Waals surface area contributed by atoms with Crippen LogP contribution in [0.4, 0.5) is 5.00 Å². The fourth-order valence-electron chi connectivity index (χ4n) is 3.20. The van der Waals surface area contributed by atoms with E-state index >= 15 is 0 Å². The molecule has 1 aliphatic carbocycles. The summed E-state index contributed by atoms with van der Waals surface area (Å²) in [6.45, 7) is 0. The third-order valence-corrected chi connectivity index (χ3v) is 5.29. The number of amides is 2. The zero-order chi connectivity index (χ0) is 14.3. The van der Waals surface area contributed by atoms with Crippen LogP contribution < -0.4 is 4.90 Å². The highest BCUT2D eigenvalue weighted by atomic mass is 32.1. The molecule has 0 unspecified atom stereocenters. The maximum absolute atomic E-state index is 12.6. The van der Waals surface area contributed by atoms with Gasteiger partial charge in [0, 0.05) is 6.42 Å². The second-order valence-corrected chi connectivity index (χ2v) is 6.56. The third-order valence-electron chi connectivity index (χ3n) is 4.23. The number of hydrogen-bond donors (Lipinski definition) is 1. The van der Waals surface area contributed by atoms with E-state index in [4.69, 9.17) is 5.11 Å². The van der Waals surface area contributed by atoms with Crippen molar-refractivity contribution in [2.24, 2.45) is 5.41 Å². The molecule has 1 saturated carbocycles. The molecule has 20 heavy (non-hydrogen) atoms. The zero-order valence-electron chi connectivity index (χ0n) is 10.9. The highest BCUT2D eigenvalue weighted by Gasteiger charge is 2.52. The van der Waals surface area contributed by atoms with Gasteiger partial charge in [-0.3, -0.25) is 9.59 Å². The number of carboxylic acid groups (broad SMARTS) is 1. The number of anilines is 1. The molecule has 1 aliphatic heterocycles. The predicted octanol–water partition coefficient (Wildman–Crippen LogP) is 2.66. The molecule has 1 saturated heterocycles. The number of thiophene rings is 1. The van der Waals surface area contributed by atoms with Crippen molar-refractivity contribution in [3.63, 3.8) is 0 Å². The van der Waals surface area contributed by atoms with Gasteiger partial charge in [-0.1, -0.05) is 19.3 Å². The monoisotopic (exact) mass is 293 g/mol. The minimum Gasteiger partial charge on any atom is -0.477 e. The van der Waals surface area contributed by atoms with E-state index in [1.807, 2.05) is 0 Å². The molecule has 1 aromatic heterocycles. The minimum atomic E-state index is -1.03. The van der Waals surface area contributed by atoms with Gasteiger partial charge in [0.25, 0.3) is 0 Å². The van der Waals surface area contributed by atoms with Crippen molar-refractivity contribution < 1.29 is 19.5 Å². The summed E-state index contributed by atoms with van der Waals surface area (Å²) >= 11 is 0.978. The molecule has 2 aliphatic rings. The third kappa shape index (κ3) is 1.95. The summed E-state index contributed by atoms with van der Waals surface area (Å²) in [6, 6.07) is 2.99. The smallest absolute Gasteiger partial charge is 0.345 e. The summed E-state index contributed by atoms with van der Waals surface area (Å²) in [5.74, 6) is -1.37. The van der Waals surface area contributed by atoms with Crippen molar-refractivity contribution >= 4 is 34.1 Å². The molecule has 2 heterocycles. The summed E-state index contributed by atoms with van der Waals surface area (Å²) in [5.41, 5.74) is -0.525. The van der Waals surface area contributed by atoms with Gasteiger partial charge in [0.1, 0.15) is 9.88 Å². The molecule has 2 amide bonds. The number of aromatic carboxylic acids is 1. The maximum atomic E-state index is 12.6. The van der Waals surface area contributed by atoms with Gasteiger partial charge in [0.15, 0.2) is 0 Å². The average Bonchev–Trinajstić information content (AvgIpc) is 2.96. The van der Waals surface area contributed by atoms with Crippen LogP contribution >= 0.6 is 11.3 Å². The van der Waals surface area contributed by atoms with Gasteiger partial charge >= 0.3 is 5.97 Å². The summed E-state index contributed by atoms with van der Waals surface area (Å²) < 4.78 is 0. The Morgan fingerprint density at radius 3 is 2.50 bits per heavy atom. The van der Waals surface area contributed by atoms with Crippen molar-refractivity contribution in [2.45, 2.75) is 38.5 Å². The van der Waals surface area contributed by atoms with Crippen LogP contribution in [-0.2, 0) is 9.59 Å². The number of carbonyl (C=O) groups excluding carboxylic acids is 2. The normalized spacial score (nSPS) is 21.7. The Balaban J connectivity index is 1.91. The molecule has 0 bridgehead atoms. The van der Waals surface area contributed by atoms with Gasteiger partial charge in [-0.15, -0.1) is 11.3 Å². The lowest BCUT2D eigenvalue weighted by Gasteiger charge is -2.30. The molecule has 2 fully saturated rings. The van der Waals surface area contributed by atoms with Crippen molar-refractivity contribution in [2.75, 3.05) is 4.90 Å². The number of imide groups is 1. The van der Waals surface area contributed by atoms with E-state index in [0.717, 1.165) is 43.4 Å². The Labute approximate surface area is 120 Å². The van der Waals surface area contributed by atoms with Crippen LogP contribution in [0.25, 0.3) is 0 Å². The number of rotatable bonds is 2. The Bertz CT molecular complexity index is 586. The molecule has 3 rings (SSSR count). The van der Waals surface area contributed by atoms with Crippen molar-refractivity contribution in [3.05, 3.63) is 17.0 Å². The number of nitrogens with zero attached hydrogens (tertiary/aromatic N) is 1. The molecule has 106 valence electrons. The zero-order valence-corrected chi connectivity index (χ0v) is 11.7. The van der Waals surface area contributed by atoms with Crippen LogP contribution in [0, 0.1) is 5.41 Å². The van der Waals surface area contributed by atoms with Crippen LogP contribution in [0.1, 0.15) is 48.2 Å². The number of carboxylic acids is 1. The van der Waals surface area contributed by atoms with E-state index < -0.39 is 11.4 Å². The fraction of sp³-hybridized carbons (Fsp3) is 0.500. The number of carbonyl (C=O) groups is 3. The Hall–Kier alpha value is -1.69. The van der Waals surface area contributed by atoms with E-state index in [0.29, 0.717) is 5.00 Å². The summed E-state index contributed by atoms with van der Waals surface area (Å²) in [7, 11) is 0. The van der Waals surface area contributed by atoms with E-state index in [2.05, 4.69) is 0 Å². The Kier molecular flexibility index (Phi) is 3.12. The first-order chi connectivity index (χ1) is 9.53. The van der Waals surface area contributed by atoms with E-state index in [9.17, 15) is 14.4 Å². The lowest BCUT2D eigenvalue weighted by molar-refractivity contribution is -0.127. The molecule has 6 heteroatoms. The molecule has 0 atom stereocenters. The van der Waals surface area contributed by atoms with Crippen LogP contribution in [0.2, 0.25) is 0 Å². The van der Waals surface area contributed by atoms with E-state index in [-0.39, 0.29) is 23.1 Å². The molecular formula is C14H15NO4S. The van der Waals surface area contributed by atoms with Crippen LogP contribution in [0.15, 0.2) is 12.1 Å². The summed E-state index contributed by atoms with van der Waals surface area (Å²) in [6.07, 6.45) is 4.89. The molecule has 1 spiro atoms. The first kappa shape index (κ1) is 13.3. The molecule has 0 aromatic carbocycles. The highest BCUT2D eigenvalue weighted by molar-refractivity contribution is 7.18. The molecular weight excluding hydrogens is 278 g/mol. The standard InChI is InChI=1S/C14H15NO4S/c16-10-8-14(6-2-1-3-7-14)13(19)15(10)11-5-4-9(20-11)12(17)18/h4-5H,1-3,6-8H2,(H,17,18). The van der Waals surface area contributed by atoms with E-state index in [1.165, 1.54) is 11.0 Å². The van der Waals surface area contributed by atoms with Gasteiger partial charge in [-0.05, 0) is 25.0 Å². The van der Waals surface area contributed by atoms with E-state index in [1.54, 1.807) is 6.07 Å². The largest absolute Gasteiger partial charge is 0.477 e. The Morgan fingerprint density at radius 1 is 1.20 bits per heavy atom. The fourth-order valence-corrected chi connectivity index (χ4v) is 4.06. The van der Waals surface area contributed by atoms with Gasteiger partial charge in [-0.25, -0.2) is 9.69 Å². The molecule has 5 nitrogen and oxygen atoms in total. The van der Waals surface area contributed by atoms with Crippen molar-refractivity contribution in [3.8, 4) is 0 Å². The molecule has 0 radical (unpaired) electrons. The second-order valence-electron chi connectivity index (χ2n) is 5.50. The predicted molar refractivity (Wildman–Crippen MR) is 73.9 cm³/mol. The van der Waals surface area contributed by atoms with Gasteiger partial charge in [0.2, 0.25) is 11.8 Å². The van der Waals surface area contributed by atoms with Gasteiger partial charge in [-0.2, -0.15) is 0 Å². The minimum absolute atomic E-state index is 0.138. The summed E-state index contributed by atoms with van der Waals surface area (Å²) in [4.78, 5) is 37.1. The lowest BCUT2D eigenvalue weighted by Crippen LogP contribution is -2.36. The van der Waals surface area contributed by atoms with Crippen molar-refractivity contribution in [1.29, 1.82) is 0 Å². The van der Waals surface area contributed by atoms with Gasteiger partial charge in [0.05, 0.1) is 5.41 Å². The lowest BCUT2D eigenvalue weighted by atomic mass is 9.73. The van der Waals surface area contributed by atoms with Crippen molar-refractivity contribution in [1.82, 2.24) is 0 Å².